The Kier molecular flexibility index (Phi) is 12.4. The van der Waals surface area contributed by atoms with Gasteiger partial charge >= 0.3 is 0 Å². The van der Waals surface area contributed by atoms with Gasteiger partial charge in [0.25, 0.3) is 0 Å². The van der Waals surface area contributed by atoms with Crippen LogP contribution in [0.4, 0.5) is 8.78 Å². The van der Waals surface area contributed by atoms with E-state index in [0.717, 1.165) is 6.07 Å². The fourth-order valence-corrected chi connectivity index (χ4v) is 3.42. The van der Waals surface area contributed by atoms with E-state index >= 15 is 0 Å². The number of nitrogens with one attached hydrogen (secondary N) is 1. The first-order chi connectivity index (χ1) is 13.2. The summed E-state index contributed by atoms with van der Waals surface area (Å²) in [6, 6.07) is 2.86. The van der Waals surface area contributed by atoms with Gasteiger partial charge in [0.1, 0.15) is 11.6 Å². The molecule has 1 aromatic rings. The molecule has 1 aromatic carbocycles. The van der Waals surface area contributed by atoms with Gasteiger partial charge in [0, 0.05) is 43.9 Å². The molecule has 1 fully saturated rings. The van der Waals surface area contributed by atoms with E-state index in [1.54, 1.807) is 4.90 Å². The van der Waals surface area contributed by atoms with E-state index in [0.29, 0.717) is 38.2 Å². The molecule has 0 saturated carbocycles. The molecule has 1 aliphatic rings. The zero-order chi connectivity index (χ0) is 20.8. The number of amides is 2. The molecule has 6 nitrogen and oxygen atoms in total. The predicted molar refractivity (Wildman–Crippen MR) is 118 cm³/mol. The zero-order valence-corrected chi connectivity index (χ0v) is 19.2. The Morgan fingerprint density at radius 2 is 1.73 bits per heavy atom. The third kappa shape index (κ3) is 7.34. The van der Waals surface area contributed by atoms with Gasteiger partial charge in [-0.25, -0.2) is 8.78 Å². The first kappa shape index (κ1) is 28.5. The number of rotatable bonds is 7. The highest BCUT2D eigenvalue weighted by molar-refractivity contribution is 5.87. The Bertz CT molecular complexity index is 701. The van der Waals surface area contributed by atoms with E-state index in [1.165, 1.54) is 12.1 Å². The third-order valence-electron chi connectivity index (χ3n) is 5.25. The molecule has 172 valence electrons. The van der Waals surface area contributed by atoms with Crippen molar-refractivity contribution in [2.24, 2.45) is 11.7 Å². The number of piperazine rings is 1. The molecular weight excluding hydrogens is 437 g/mol. The Hall–Kier alpha value is -1.48. The average Bonchev–Trinajstić information content (AvgIpc) is 2.67. The van der Waals surface area contributed by atoms with Crippen molar-refractivity contribution in [1.82, 2.24) is 15.1 Å². The maximum Gasteiger partial charge on any atom is 0.242 e. The minimum absolute atomic E-state index is 0. The van der Waals surface area contributed by atoms with Crippen LogP contribution in [0.2, 0.25) is 0 Å². The van der Waals surface area contributed by atoms with Crippen LogP contribution in [0.3, 0.4) is 0 Å². The minimum Gasteiger partial charge on any atom is -0.346 e. The van der Waals surface area contributed by atoms with Gasteiger partial charge in [-0.3, -0.25) is 14.5 Å². The molecule has 30 heavy (non-hydrogen) atoms. The molecule has 2 amide bonds. The SMILES string of the molecule is CCC(c1ccc(F)cc1F)N1CCN(C(=O)CNC(=O)[C@@H](N)C(C)C)CC1.Cl.Cl. The van der Waals surface area contributed by atoms with E-state index in [-0.39, 0.29) is 55.1 Å². The van der Waals surface area contributed by atoms with Gasteiger partial charge in [-0.1, -0.05) is 26.8 Å². The Labute approximate surface area is 189 Å². The molecule has 0 aromatic heterocycles. The lowest BCUT2D eigenvalue weighted by Crippen LogP contribution is -2.53. The number of nitrogens with two attached hydrogens (primary N) is 1. The van der Waals surface area contributed by atoms with E-state index < -0.39 is 17.7 Å². The summed E-state index contributed by atoms with van der Waals surface area (Å²) >= 11 is 0. The summed E-state index contributed by atoms with van der Waals surface area (Å²) in [4.78, 5) is 28.0. The van der Waals surface area contributed by atoms with Gasteiger partial charge in [0.2, 0.25) is 11.8 Å². The van der Waals surface area contributed by atoms with Crippen molar-refractivity contribution in [2.45, 2.75) is 39.3 Å². The Morgan fingerprint density at radius 3 is 2.23 bits per heavy atom. The summed E-state index contributed by atoms with van der Waals surface area (Å²) in [5, 5.41) is 2.59. The molecule has 0 spiro atoms. The van der Waals surface area contributed by atoms with Gasteiger partial charge in [0.15, 0.2) is 0 Å². The van der Waals surface area contributed by atoms with Crippen LogP contribution in [0, 0.1) is 17.6 Å². The average molecular weight is 469 g/mol. The van der Waals surface area contributed by atoms with Crippen LogP contribution in [0.1, 0.15) is 38.8 Å². The first-order valence-corrected chi connectivity index (χ1v) is 9.74. The summed E-state index contributed by atoms with van der Waals surface area (Å²) < 4.78 is 27.3. The summed E-state index contributed by atoms with van der Waals surface area (Å²) in [7, 11) is 0. The second-order valence-corrected chi connectivity index (χ2v) is 7.49. The van der Waals surface area contributed by atoms with E-state index in [2.05, 4.69) is 10.2 Å². The second kappa shape index (κ2) is 13.0. The van der Waals surface area contributed by atoms with Crippen molar-refractivity contribution in [3.05, 3.63) is 35.4 Å². The van der Waals surface area contributed by atoms with Crippen LogP contribution in [-0.2, 0) is 9.59 Å². The van der Waals surface area contributed by atoms with Crippen molar-refractivity contribution < 1.29 is 18.4 Å². The number of nitrogens with zero attached hydrogens (tertiary/aromatic N) is 2. The Balaban J connectivity index is 0.00000420. The lowest BCUT2D eigenvalue weighted by molar-refractivity contribution is -0.135. The molecule has 0 radical (unpaired) electrons. The summed E-state index contributed by atoms with van der Waals surface area (Å²) in [6.45, 7) is 7.72. The maximum absolute atomic E-state index is 14.2. The van der Waals surface area contributed by atoms with Gasteiger partial charge in [0.05, 0.1) is 12.6 Å². The van der Waals surface area contributed by atoms with Gasteiger partial charge < -0.3 is 16.0 Å². The van der Waals surface area contributed by atoms with Crippen LogP contribution in [-0.4, -0.2) is 60.4 Å². The minimum atomic E-state index is -0.638. The van der Waals surface area contributed by atoms with Gasteiger partial charge in [-0.05, 0) is 18.4 Å². The molecule has 1 aliphatic heterocycles. The maximum atomic E-state index is 14.2. The smallest absolute Gasteiger partial charge is 0.242 e. The lowest BCUT2D eigenvalue weighted by atomic mass is 10.0. The van der Waals surface area contributed by atoms with E-state index in [4.69, 9.17) is 5.73 Å². The molecule has 10 heteroatoms. The van der Waals surface area contributed by atoms with E-state index in [1.807, 2.05) is 20.8 Å². The highest BCUT2D eigenvalue weighted by atomic mass is 35.5. The molecule has 3 N–H and O–H groups in total. The fourth-order valence-electron chi connectivity index (χ4n) is 3.42. The van der Waals surface area contributed by atoms with E-state index in [9.17, 15) is 18.4 Å². The van der Waals surface area contributed by atoms with Crippen LogP contribution < -0.4 is 11.1 Å². The number of carbonyl (C=O) groups excluding carboxylic acids is 2. The summed E-state index contributed by atoms with van der Waals surface area (Å²) in [6.07, 6.45) is 0.680. The molecule has 0 bridgehead atoms. The standard InChI is InChI=1S/C20H30F2N4O2.2ClH/c1-4-17(15-6-5-14(21)11-16(15)22)25-7-9-26(10-8-25)18(27)12-24-20(28)19(23)13(2)3;;/h5-6,11,13,17,19H,4,7-10,12,23H2,1-3H3,(H,24,28);2*1H/t17?,19-;;/m0../s1. The quantitative estimate of drug-likeness (QED) is 0.644. The van der Waals surface area contributed by atoms with Crippen LogP contribution in [0.5, 0.6) is 0 Å². The molecule has 2 atom stereocenters. The van der Waals surface area contributed by atoms with Crippen LogP contribution >= 0.6 is 24.8 Å². The van der Waals surface area contributed by atoms with Gasteiger partial charge in [-0.2, -0.15) is 0 Å². The number of carbonyl (C=O) groups is 2. The molecule has 2 rings (SSSR count). The Morgan fingerprint density at radius 1 is 1.13 bits per heavy atom. The molecule has 0 aliphatic carbocycles. The number of halogens is 4. The van der Waals surface area contributed by atoms with Crippen LogP contribution in [0.25, 0.3) is 0 Å². The molecular formula is C20H32Cl2F2N4O2. The fraction of sp³-hybridized carbons (Fsp3) is 0.600. The van der Waals surface area contributed by atoms with Gasteiger partial charge in [-0.15, -0.1) is 24.8 Å². The number of hydrogen-bond donors (Lipinski definition) is 2. The van der Waals surface area contributed by atoms with Crippen molar-refractivity contribution in [3.63, 3.8) is 0 Å². The number of benzene rings is 1. The topological polar surface area (TPSA) is 78.7 Å². The molecule has 1 unspecified atom stereocenters. The first-order valence-electron chi connectivity index (χ1n) is 9.74. The van der Waals surface area contributed by atoms with Crippen LogP contribution in [0.15, 0.2) is 18.2 Å². The van der Waals surface area contributed by atoms with Crippen molar-refractivity contribution in [3.8, 4) is 0 Å². The highest BCUT2D eigenvalue weighted by Gasteiger charge is 2.28. The normalized spacial score (nSPS) is 16.3. The summed E-state index contributed by atoms with van der Waals surface area (Å²) in [5.74, 6) is -1.64. The predicted octanol–water partition coefficient (Wildman–Crippen LogP) is 2.50. The molecule has 1 saturated heterocycles. The lowest BCUT2D eigenvalue weighted by Gasteiger charge is -2.39. The second-order valence-electron chi connectivity index (χ2n) is 7.49. The number of hydrogen-bond acceptors (Lipinski definition) is 4. The monoisotopic (exact) mass is 468 g/mol. The zero-order valence-electron chi connectivity index (χ0n) is 17.6. The van der Waals surface area contributed by atoms with Crippen molar-refractivity contribution in [1.29, 1.82) is 0 Å². The molecule has 1 heterocycles. The van der Waals surface area contributed by atoms with Crippen molar-refractivity contribution >= 4 is 36.6 Å². The summed E-state index contributed by atoms with van der Waals surface area (Å²) in [5.41, 5.74) is 6.24. The largest absolute Gasteiger partial charge is 0.346 e. The van der Waals surface area contributed by atoms with Crippen molar-refractivity contribution in [2.75, 3.05) is 32.7 Å². The highest BCUT2D eigenvalue weighted by Crippen LogP contribution is 2.28. The third-order valence-corrected chi connectivity index (χ3v) is 5.25.